The van der Waals surface area contributed by atoms with Crippen molar-refractivity contribution in [3.63, 3.8) is 0 Å². The summed E-state index contributed by atoms with van der Waals surface area (Å²) in [6.07, 6.45) is 6.77. The molecule has 2 aliphatic rings. The highest BCUT2D eigenvalue weighted by Gasteiger charge is 2.24. The molecule has 0 spiro atoms. The van der Waals surface area contributed by atoms with Gasteiger partial charge in [-0.25, -0.2) is 0 Å². The Morgan fingerprint density at radius 1 is 1.38 bits per heavy atom. The number of likely N-dealkylation sites (tertiary alicyclic amines) is 1. The lowest BCUT2D eigenvalue weighted by Crippen LogP contribution is -2.42. The number of carbonyl (C=O) groups excluding carboxylic acids is 1. The highest BCUT2D eigenvalue weighted by Crippen LogP contribution is 2.20. The number of hydrogen-bond acceptors (Lipinski definition) is 2. The predicted octanol–water partition coefficient (Wildman–Crippen LogP) is 1.78. The van der Waals surface area contributed by atoms with Gasteiger partial charge in [-0.05, 0) is 58.0 Å². The lowest BCUT2D eigenvalue weighted by atomic mass is 9.99. The summed E-state index contributed by atoms with van der Waals surface area (Å²) in [4.78, 5) is 14.2. The molecule has 0 aliphatic carbocycles. The van der Waals surface area contributed by atoms with Crippen molar-refractivity contribution >= 4 is 5.91 Å². The molecule has 0 aromatic heterocycles. The minimum Gasteiger partial charge on any atom is -0.340 e. The van der Waals surface area contributed by atoms with Crippen LogP contribution in [-0.2, 0) is 4.79 Å². The van der Waals surface area contributed by atoms with Crippen LogP contribution in [0.1, 0.15) is 45.4 Å². The van der Waals surface area contributed by atoms with Gasteiger partial charge < -0.3 is 10.2 Å². The van der Waals surface area contributed by atoms with E-state index in [0.29, 0.717) is 11.9 Å². The monoisotopic (exact) mass is 224 g/mol. The third-order valence-corrected chi connectivity index (χ3v) is 4.05. The Labute approximate surface area is 98.6 Å². The van der Waals surface area contributed by atoms with Gasteiger partial charge >= 0.3 is 0 Å². The topological polar surface area (TPSA) is 32.3 Å². The second-order valence-electron chi connectivity index (χ2n) is 5.33. The van der Waals surface area contributed by atoms with E-state index in [-0.39, 0.29) is 0 Å². The Kier molecular flexibility index (Phi) is 4.22. The molecule has 2 rings (SSSR count). The summed E-state index contributed by atoms with van der Waals surface area (Å²) < 4.78 is 0. The number of amides is 1. The number of piperidine rings is 1. The van der Waals surface area contributed by atoms with Crippen LogP contribution < -0.4 is 5.32 Å². The average Bonchev–Trinajstić information content (AvgIpc) is 2.79. The van der Waals surface area contributed by atoms with Crippen LogP contribution >= 0.6 is 0 Å². The van der Waals surface area contributed by atoms with Gasteiger partial charge in [-0.15, -0.1) is 0 Å². The first-order valence-corrected chi connectivity index (χ1v) is 6.77. The van der Waals surface area contributed by atoms with Crippen LogP contribution in [-0.4, -0.2) is 36.5 Å². The van der Waals surface area contributed by atoms with E-state index in [2.05, 4.69) is 17.1 Å². The van der Waals surface area contributed by atoms with Gasteiger partial charge in [0.25, 0.3) is 0 Å². The second-order valence-corrected chi connectivity index (χ2v) is 5.33. The predicted molar refractivity (Wildman–Crippen MR) is 65.2 cm³/mol. The summed E-state index contributed by atoms with van der Waals surface area (Å²) in [5.74, 6) is 1.13. The maximum atomic E-state index is 12.1. The van der Waals surface area contributed by atoms with Crippen LogP contribution in [0.3, 0.4) is 0 Å². The Balaban J connectivity index is 1.73. The number of nitrogens with one attached hydrogen (secondary N) is 1. The molecule has 2 fully saturated rings. The third-order valence-electron chi connectivity index (χ3n) is 4.05. The van der Waals surface area contributed by atoms with E-state index in [0.717, 1.165) is 38.4 Å². The molecule has 2 atom stereocenters. The minimum atomic E-state index is 0.388. The van der Waals surface area contributed by atoms with E-state index >= 15 is 0 Å². The van der Waals surface area contributed by atoms with E-state index in [1.807, 2.05) is 0 Å². The van der Waals surface area contributed by atoms with Crippen molar-refractivity contribution < 1.29 is 4.79 Å². The molecule has 2 aliphatic heterocycles. The highest BCUT2D eigenvalue weighted by molar-refractivity contribution is 5.76. The third kappa shape index (κ3) is 2.97. The molecule has 0 aromatic rings. The van der Waals surface area contributed by atoms with E-state index < -0.39 is 0 Å². The smallest absolute Gasteiger partial charge is 0.222 e. The molecule has 3 nitrogen and oxygen atoms in total. The molecule has 0 saturated carbocycles. The first kappa shape index (κ1) is 11.9. The van der Waals surface area contributed by atoms with Crippen molar-refractivity contribution in [3.8, 4) is 0 Å². The fourth-order valence-corrected chi connectivity index (χ4v) is 2.90. The van der Waals surface area contributed by atoms with Crippen LogP contribution in [0.25, 0.3) is 0 Å². The molecule has 1 amide bonds. The minimum absolute atomic E-state index is 0.388. The summed E-state index contributed by atoms with van der Waals surface area (Å²) in [6.45, 7) is 5.43. The molecule has 3 heteroatoms. The van der Waals surface area contributed by atoms with Gasteiger partial charge in [0.15, 0.2) is 0 Å². The summed E-state index contributed by atoms with van der Waals surface area (Å²) in [5, 5.41) is 3.36. The molecule has 1 N–H and O–H groups in total. The molecule has 0 bridgehead atoms. The molecule has 0 radical (unpaired) electrons. The fourth-order valence-electron chi connectivity index (χ4n) is 2.90. The van der Waals surface area contributed by atoms with Gasteiger partial charge in [0.2, 0.25) is 5.91 Å². The van der Waals surface area contributed by atoms with Crippen molar-refractivity contribution in [1.29, 1.82) is 0 Å². The Bertz CT molecular complexity index is 236. The molecular formula is C13H24N2O. The Morgan fingerprint density at radius 2 is 2.25 bits per heavy atom. The number of hydrogen-bond donors (Lipinski definition) is 1. The summed E-state index contributed by atoms with van der Waals surface area (Å²) in [5.41, 5.74) is 0. The fraction of sp³-hybridized carbons (Fsp3) is 0.923. The van der Waals surface area contributed by atoms with Crippen LogP contribution in [0.15, 0.2) is 0 Å². The largest absolute Gasteiger partial charge is 0.340 e. The maximum Gasteiger partial charge on any atom is 0.222 e. The normalized spacial score (nSPS) is 30.7. The zero-order valence-corrected chi connectivity index (χ0v) is 10.4. The first-order chi connectivity index (χ1) is 7.77. The first-order valence-electron chi connectivity index (χ1n) is 6.77. The summed E-state index contributed by atoms with van der Waals surface area (Å²) >= 11 is 0. The van der Waals surface area contributed by atoms with Gasteiger partial charge in [-0.1, -0.05) is 0 Å². The lowest BCUT2D eigenvalue weighted by Gasteiger charge is -2.33. The zero-order valence-electron chi connectivity index (χ0n) is 10.4. The molecule has 92 valence electrons. The standard InChI is InChI=1S/C13H24N2O/c1-11-4-2-3-9-15(11)13(16)6-5-12-7-8-14-10-12/h11-12,14H,2-10H2,1H3. The maximum absolute atomic E-state index is 12.1. The van der Waals surface area contributed by atoms with Gasteiger partial charge in [0.1, 0.15) is 0 Å². The Morgan fingerprint density at radius 3 is 2.94 bits per heavy atom. The summed E-state index contributed by atoms with van der Waals surface area (Å²) in [7, 11) is 0. The van der Waals surface area contributed by atoms with Gasteiger partial charge in [-0.2, -0.15) is 0 Å². The van der Waals surface area contributed by atoms with E-state index in [1.54, 1.807) is 0 Å². The van der Waals surface area contributed by atoms with Crippen LogP contribution in [0.2, 0.25) is 0 Å². The SMILES string of the molecule is CC1CCCCN1C(=O)CCC1CCNC1. The van der Waals surface area contributed by atoms with Crippen molar-refractivity contribution in [2.45, 2.75) is 51.5 Å². The molecule has 0 aromatic carbocycles. The summed E-state index contributed by atoms with van der Waals surface area (Å²) in [6, 6.07) is 0.475. The average molecular weight is 224 g/mol. The van der Waals surface area contributed by atoms with Crippen molar-refractivity contribution in [2.24, 2.45) is 5.92 Å². The van der Waals surface area contributed by atoms with Crippen molar-refractivity contribution in [1.82, 2.24) is 10.2 Å². The lowest BCUT2D eigenvalue weighted by molar-refractivity contribution is -0.134. The molecule has 16 heavy (non-hydrogen) atoms. The Hall–Kier alpha value is -0.570. The zero-order chi connectivity index (χ0) is 11.4. The van der Waals surface area contributed by atoms with Crippen LogP contribution in [0.5, 0.6) is 0 Å². The number of nitrogens with zero attached hydrogens (tertiary/aromatic N) is 1. The second kappa shape index (κ2) is 5.67. The van der Waals surface area contributed by atoms with Crippen LogP contribution in [0, 0.1) is 5.92 Å². The van der Waals surface area contributed by atoms with E-state index in [1.165, 1.54) is 25.7 Å². The van der Waals surface area contributed by atoms with Crippen molar-refractivity contribution in [2.75, 3.05) is 19.6 Å². The quantitative estimate of drug-likeness (QED) is 0.792. The van der Waals surface area contributed by atoms with E-state index in [4.69, 9.17) is 0 Å². The highest BCUT2D eigenvalue weighted by atomic mass is 16.2. The van der Waals surface area contributed by atoms with E-state index in [9.17, 15) is 4.79 Å². The molecule has 2 unspecified atom stereocenters. The number of carbonyl (C=O) groups is 1. The van der Waals surface area contributed by atoms with Gasteiger partial charge in [0.05, 0.1) is 0 Å². The van der Waals surface area contributed by atoms with Crippen molar-refractivity contribution in [3.05, 3.63) is 0 Å². The van der Waals surface area contributed by atoms with Crippen LogP contribution in [0.4, 0.5) is 0 Å². The number of rotatable bonds is 3. The van der Waals surface area contributed by atoms with Gasteiger partial charge in [-0.3, -0.25) is 4.79 Å². The van der Waals surface area contributed by atoms with Gasteiger partial charge in [0, 0.05) is 19.0 Å². The molecular weight excluding hydrogens is 200 g/mol. The molecule has 2 saturated heterocycles. The molecule has 2 heterocycles.